The molecule has 0 heterocycles. The average molecular weight is 309 g/mol. The molecule has 0 spiro atoms. The van der Waals surface area contributed by atoms with Gasteiger partial charge in [0, 0.05) is 10.5 Å². The van der Waals surface area contributed by atoms with Crippen molar-refractivity contribution in [2.75, 3.05) is 6.26 Å². The van der Waals surface area contributed by atoms with Crippen LogP contribution in [0.1, 0.15) is 29.3 Å². The number of thioether (sulfide) groups is 1. The Morgan fingerprint density at radius 2 is 2.06 bits per heavy atom. The Bertz CT molecular complexity index is 396. The van der Waals surface area contributed by atoms with E-state index in [9.17, 15) is 13.6 Å². The van der Waals surface area contributed by atoms with Gasteiger partial charge in [0.1, 0.15) is 5.78 Å². The first-order valence-electron chi connectivity index (χ1n) is 4.58. The Labute approximate surface area is 106 Å². The summed E-state index contributed by atoms with van der Waals surface area (Å²) in [7, 11) is 0. The summed E-state index contributed by atoms with van der Waals surface area (Å²) in [6, 6.07) is 4.57. The molecule has 1 rings (SSSR count). The first-order valence-corrected chi connectivity index (χ1v) is 6.72. The molecule has 5 heteroatoms. The normalized spacial score (nSPS) is 12.9. The van der Waals surface area contributed by atoms with Crippen LogP contribution in [0.5, 0.6) is 0 Å². The number of ketones is 1. The van der Waals surface area contributed by atoms with Gasteiger partial charge in [0.15, 0.2) is 0 Å². The highest BCUT2D eigenvalue weighted by molar-refractivity contribution is 9.09. The topological polar surface area (TPSA) is 17.1 Å². The fourth-order valence-corrected chi connectivity index (χ4v) is 2.23. The van der Waals surface area contributed by atoms with Gasteiger partial charge in [-0.1, -0.05) is 28.1 Å². The van der Waals surface area contributed by atoms with Crippen LogP contribution in [0.3, 0.4) is 0 Å². The number of hydrogen-bond acceptors (Lipinski definition) is 2. The summed E-state index contributed by atoms with van der Waals surface area (Å²) in [5.41, 5.74) is 0.723. The van der Waals surface area contributed by atoms with Crippen molar-refractivity contribution < 1.29 is 13.6 Å². The number of Topliss-reactive ketones (excluding diaryl/α,β-unsaturated/α-hetero) is 1. The molecule has 0 aliphatic heterocycles. The van der Waals surface area contributed by atoms with E-state index >= 15 is 0 Å². The summed E-state index contributed by atoms with van der Waals surface area (Å²) in [5, 5.41) is 0. The summed E-state index contributed by atoms with van der Waals surface area (Å²) >= 11 is 4.48. The van der Waals surface area contributed by atoms with Gasteiger partial charge in [-0.15, -0.1) is 11.8 Å². The Morgan fingerprint density at radius 1 is 1.44 bits per heavy atom. The molecule has 0 aromatic heterocycles. The molecule has 88 valence electrons. The van der Waals surface area contributed by atoms with Gasteiger partial charge in [-0.05, 0) is 24.8 Å². The predicted octanol–water partition coefficient (Wildman–Crippen LogP) is 4.37. The van der Waals surface area contributed by atoms with Crippen LogP contribution in [-0.4, -0.2) is 12.0 Å². The fraction of sp³-hybridized carbons (Fsp3) is 0.364. The molecule has 0 fully saturated rings. The highest BCUT2D eigenvalue weighted by Crippen LogP contribution is 2.33. The number of alkyl halides is 3. The van der Waals surface area contributed by atoms with Crippen LogP contribution in [0.25, 0.3) is 0 Å². The lowest BCUT2D eigenvalue weighted by Crippen LogP contribution is -2.02. The molecule has 0 aliphatic rings. The van der Waals surface area contributed by atoms with E-state index in [1.165, 1.54) is 24.8 Å². The fourth-order valence-electron chi connectivity index (χ4n) is 1.30. The third-order valence-corrected chi connectivity index (χ3v) is 4.11. The molecule has 0 radical (unpaired) electrons. The number of rotatable bonds is 4. The van der Waals surface area contributed by atoms with E-state index in [-0.39, 0.29) is 11.3 Å². The molecular formula is C11H11BrF2OS. The minimum Gasteiger partial charge on any atom is -0.298 e. The summed E-state index contributed by atoms with van der Waals surface area (Å²) in [5.74, 6) is -0.0446. The molecule has 1 aromatic rings. The van der Waals surface area contributed by atoms with E-state index in [4.69, 9.17) is 0 Å². The molecule has 0 amide bonds. The number of carbonyl (C=O) groups is 1. The van der Waals surface area contributed by atoms with E-state index in [2.05, 4.69) is 15.9 Å². The maximum atomic E-state index is 12.6. The van der Waals surface area contributed by atoms with Crippen LogP contribution >= 0.6 is 27.7 Å². The molecule has 0 saturated carbocycles. The molecule has 0 saturated heterocycles. The minimum absolute atomic E-state index is 0.0134. The van der Waals surface area contributed by atoms with E-state index < -0.39 is 11.3 Å². The Balaban J connectivity index is 3.13. The largest absolute Gasteiger partial charge is 0.298 e. The number of halogens is 3. The minimum atomic E-state index is -2.48. The van der Waals surface area contributed by atoms with Crippen molar-refractivity contribution in [3.05, 3.63) is 29.3 Å². The van der Waals surface area contributed by atoms with Gasteiger partial charge in [-0.2, -0.15) is 0 Å². The van der Waals surface area contributed by atoms with Crippen molar-refractivity contribution in [1.82, 2.24) is 0 Å². The van der Waals surface area contributed by atoms with Crippen LogP contribution in [0, 0.1) is 0 Å². The van der Waals surface area contributed by atoms with Crippen LogP contribution < -0.4 is 0 Å². The molecule has 1 nitrogen and oxygen atoms in total. The van der Waals surface area contributed by atoms with Gasteiger partial charge in [0.2, 0.25) is 0 Å². The van der Waals surface area contributed by atoms with Gasteiger partial charge in [0.05, 0.1) is 4.83 Å². The molecule has 0 bridgehead atoms. The third-order valence-electron chi connectivity index (χ3n) is 2.14. The first-order chi connectivity index (χ1) is 7.47. The number of hydrogen-bond donors (Lipinski definition) is 0. The van der Waals surface area contributed by atoms with Crippen molar-refractivity contribution in [1.29, 1.82) is 0 Å². The van der Waals surface area contributed by atoms with Crippen LogP contribution in [0.15, 0.2) is 23.1 Å². The highest BCUT2D eigenvalue weighted by Gasteiger charge is 2.17. The van der Waals surface area contributed by atoms with Crippen LogP contribution in [-0.2, 0) is 4.79 Å². The Morgan fingerprint density at radius 3 is 2.50 bits per heavy atom. The van der Waals surface area contributed by atoms with Crippen molar-refractivity contribution in [2.45, 2.75) is 23.1 Å². The lowest BCUT2D eigenvalue weighted by molar-refractivity contribution is -0.116. The zero-order chi connectivity index (χ0) is 12.3. The van der Waals surface area contributed by atoms with Gasteiger partial charge in [-0.3, -0.25) is 4.79 Å². The summed E-state index contributed by atoms with van der Waals surface area (Å²) in [6.07, 6.45) is -0.746. The van der Waals surface area contributed by atoms with Crippen LogP contribution in [0.4, 0.5) is 8.78 Å². The summed E-state index contributed by atoms with van der Waals surface area (Å²) in [4.78, 5) is 11.2. The number of carbonyl (C=O) groups excluding carboxylic acids is 1. The standard InChI is InChI=1S/C11H11BrF2OS/c1-6(15)10(12)7-3-4-8(11(13)14)9(5-7)16-2/h3-5,10-11H,1-2H3. The lowest BCUT2D eigenvalue weighted by Gasteiger charge is -2.11. The molecule has 0 aliphatic carbocycles. The van der Waals surface area contributed by atoms with Gasteiger partial charge >= 0.3 is 0 Å². The molecule has 16 heavy (non-hydrogen) atoms. The van der Waals surface area contributed by atoms with E-state index in [0.29, 0.717) is 10.5 Å². The second kappa shape index (κ2) is 5.77. The highest BCUT2D eigenvalue weighted by atomic mass is 79.9. The van der Waals surface area contributed by atoms with E-state index in [0.717, 1.165) is 0 Å². The van der Waals surface area contributed by atoms with Gasteiger partial charge < -0.3 is 0 Å². The quantitative estimate of drug-likeness (QED) is 0.607. The van der Waals surface area contributed by atoms with Gasteiger partial charge in [-0.25, -0.2) is 8.78 Å². The molecule has 1 aromatic carbocycles. The average Bonchev–Trinajstić information content (AvgIpc) is 2.26. The third kappa shape index (κ3) is 3.04. The number of benzene rings is 1. The van der Waals surface area contributed by atoms with Crippen molar-refractivity contribution in [2.24, 2.45) is 0 Å². The first kappa shape index (κ1) is 13.6. The maximum Gasteiger partial charge on any atom is 0.264 e. The van der Waals surface area contributed by atoms with Crippen molar-refractivity contribution >= 4 is 33.5 Å². The molecule has 1 unspecified atom stereocenters. The molecule has 0 N–H and O–H groups in total. The zero-order valence-corrected chi connectivity index (χ0v) is 11.2. The summed E-state index contributed by atoms with van der Waals surface area (Å²) < 4.78 is 25.2. The molecule has 1 atom stereocenters. The Hall–Kier alpha value is -0.420. The lowest BCUT2D eigenvalue weighted by atomic mass is 10.1. The SMILES string of the molecule is CSc1cc(C(Br)C(C)=O)ccc1C(F)F. The maximum absolute atomic E-state index is 12.6. The van der Waals surface area contributed by atoms with Gasteiger partial charge in [0.25, 0.3) is 6.43 Å². The smallest absolute Gasteiger partial charge is 0.264 e. The molecular weight excluding hydrogens is 298 g/mol. The summed E-state index contributed by atoms with van der Waals surface area (Å²) in [6.45, 7) is 1.46. The van der Waals surface area contributed by atoms with E-state index in [1.54, 1.807) is 18.4 Å². The van der Waals surface area contributed by atoms with Crippen molar-refractivity contribution in [3.63, 3.8) is 0 Å². The zero-order valence-electron chi connectivity index (χ0n) is 8.84. The Kier molecular flexibility index (Phi) is 4.92. The monoisotopic (exact) mass is 308 g/mol. The predicted molar refractivity (Wildman–Crippen MR) is 65.5 cm³/mol. The van der Waals surface area contributed by atoms with Crippen molar-refractivity contribution in [3.8, 4) is 0 Å². The van der Waals surface area contributed by atoms with E-state index in [1.807, 2.05) is 0 Å². The van der Waals surface area contributed by atoms with Crippen LogP contribution in [0.2, 0.25) is 0 Å². The second-order valence-corrected chi connectivity index (χ2v) is 5.04. The second-order valence-electron chi connectivity index (χ2n) is 3.28.